The fourth-order valence-electron chi connectivity index (χ4n) is 0.248. The SMILES string of the molecule is N#CC(F)(F)C(F)(Br)C(F)(F)Br. The molecule has 0 aromatic rings. The Labute approximate surface area is 80.8 Å². The van der Waals surface area contributed by atoms with Gasteiger partial charge in [-0.2, -0.15) is 22.8 Å². The molecule has 0 aliphatic rings. The molecule has 0 amide bonds. The molecule has 0 saturated heterocycles. The van der Waals surface area contributed by atoms with Crippen LogP contribution in [-0.4, -0.2) is 15.3 Å². The maximum absolute atomic E-state index is 12.5. The van der Waals surface area contributed by atoms with Crippen molar-refractivity contribution < 1.29 is 22.0 Å². The van der Waals surface area contributed by atoms with Crippen molar-refractivity contribution in [3.05, 3.63) is 0 Å². The van der Waals surface area contributed by atoms with Crippen molar-refractivity contribution in [2.75, 3.05) is 0 Å². The van der Waals surface area contributed by atoms with Crippen LogP contribution in [0.1, 0.15) is 0 Å². The summed E-state index contributed by atoms with van der Waals surface area (Å²) in [7, 11) is 0. The van der Waals surface area contributed by atoms with Crippen molar-refractivity contribution in [3.63, 3.8) is 0 Å². The Morgan fingerprint density at radius 3 is 1.42 bits per heavy atom. The van der Waals surface area contributed by atoms with Crippen LogP contribution in [0.3, 0.4) is 0 Å². The van der Waals surface area contributed by atoms with Gasteiger partial charge in [-0.05, 0) is 31.9 Å². The van der Waals surface area contributed by atoms with Crippen LogP contribution in [0.25, 0.3) is 0 Å². The second-order valence-corrected chi connectivity index (χ2v) is 3.85. The summed E-state index contributed by atoms with van der Waals surface area (Å²) in [4.78, 5) is -4.53. The molecule has 0 saturated carbocycles. The number of halogens is 7. The molecule has 1 unspecified atom stereocenters. The lowest BCUT2D eigenvalue weighted by molar-refractivity contribution is -0.121. The van der Waals surface area contributed by atoms with E-state index in [0.29, 0.717) is 0 Å². The van der Waals surface area contributed by atoms with Crippen molar-refractivity contribution in [1.29, 1.82) is 5.26 Å². The number of hydrogen-bond donors (Lipinski definition) is 0. The molecule has 0 fully saturated rings. The van der Waals surface area contributed by atoms with E-state index in [-0.39, 0.29) is 6.07 Å². The molecule has 0 N–H and O–H groups in total. The largest absolute Gasteiger partial charge is 0.382 e. The summed E-state index contributed by atoms with van der Waals surface area (Å²) < 4.78 is 56.5. The van der Waals surface area contributed by atoms with E-state index >= 15 is 0 Å². The average molecular weight is 317 g/mol. The molecule has 1 nitrogen and oxygen atoms in total. The predicted octanol–water partition coefficient (Wildman–Crippen LogP) is 3.19. The summed E-state index contributed by atoms with van der Waals surface area (Å²) in [5, 5.41) is 7.67. The molecule has 0 radical (unpaired) electrons. The van der Waals surface area contributed by atoms with Crippen LogP contribution in [0, 0.1) is 11.3 Å². The fourth-order valence-corrected chi connectivity index (χ4v) is 0.586. The monoisotopic (exact) mass is 315 g/mol. The summed E-state index contributed by atoms with van der Waals surface area (Å²) in [5.74, 6) is -4.82. The van der Waals surface area contributed by atoms with Crippen molar-refractivity contribution in [2.24, 2.45) is 0 Å². The fraction of sp³-hybridized carbons (Fsp3) is 0.750. The average Bonchev–Trinajstić information content (AvgIpc) is 1.85. The molecule has 0 aromatic heterocycles. The minimum Gasteiger partial charge on any atom is -0.215 e. The van der Waals surface area contributed by atoms with Gasteiger partial charge in [0.05, 0.1) is 0 Å². The first kappa shape index (κ1) is 12.1. The van der Waals surface area contributed by atoms with Crippen molar-refractivity contribution in [3.8, 4) is 6.07 Å². The minimum atomic E-state index is -4.82. The van der Waals surface area contributed by atoms with Gasteiger partial charge in [-0.15, -0.1) is 0 Å². The summed E-state index contributed by atoms with van der Waals surface area (Å²) >= 11 is 2.84. The highest BCUT2D eigenvalue weighted by molar-refractivity contribution is 9.12. The molecule has 0 aliphatic heterocycles. The van der Waals surface area contributed by atoms with Gasteiger partial charge in [-0.1, -0.05) is 0 Å². The molecule has 0 rings (SSSR count). The molecule has 0 aliphatic carbocycles. The standard InChI is InChI=1S/C4Br2F5N/c5-3(9,4(6,10)11)2(7,8)1-12. The number of alkyl halides is 7. The van der Waals surface area contributed by atoms with Gasteiger partial charge in [0.15, 0.2) is 0 Å². The molecular weight excluding hydrogens is 317 g/mol. The van der Waals surface area contributed by atoms with E-state index < -0.39 is 15.3 Å². The normalized spacial score (nSPS) is 18.2. The van der Waals surface area contributed by atoms with Crippen LogP contribution in [0.2, 0.25) is 0 Å². The first-order chi connectivity index (χ1) is 5.06. The maximum Gasteiger partial charge on any atom is 0.382 e. The zero-order valence-electron chi connectivity index (χ0n) is 5.09. The highest BCUT2D eigenvalue weighted by Gasteiger charge is 2.68. The number of nitriles is 1. The summed E-state index contributed by atoms with van der Waals surface area (Å²) in [5.41, 5.74) is 0. The van der Waals surface area contributed by atoms with Gasteiger partial charge in [-0.25, -0.2) is 4.39 Å². The van der Waals surface area contributed by atoms with E-state index in [0.717, 1.165) is 0 Å². The van der Waals surface area contributed by atoms with Crippen molar-refractivity contribution in [1.82, 2.24) is 0 Å². The van der Waals surface area contributed by atoms with Gasteiger partial charge in [0, 0.05) is 0 Å². The van der Waals surface area contributed by atoms with E-state index in [4.69, 9.17) is 5.26 Å². The molecule has 0 spiro atoms. The second-order valence-electron chi connectivity index (χ2n) is 1.76. The zero-order valence-corrected chi connectivity index (χ0v) is 8.26. The van der Waals surface area contributed by atoms with E-state index in [9.17, 15) is 22.0 Å². The Morgan fingerprint density at radius 1 is 1.00 bits per heavy atom. The molecule has 8 heteroatoms. The van der Waals surface area contributed by atoms with Crippen molar-refractivity contribution >= 4 is 31.9 Å². The Balaban J connectivity index is 5.02. The van der Waals surface area contributed by atoms with E-state index in [1.807, 2.05) is 0 Å². The lowest BCUT2D eigenvalue weighted by Crippen LogP contribution is -2.48. The predicted molar refractivity (Wildman–Crippen MR) is 37.2 cm³/mol. The highest BCUT2D eigenvalue weighted by Crippen LogP contribution is 2.51. The molecule has 0 bridgehead atoms. The van der Waals surface area contributed by atoms with E-state index in [1.165, 1.54) is 31.9 Å². The van der Waals surface area contributed by atoms with Crippen LogP contribution in [0.5, 0.6) is 0 Å². The third kappa shape index (κ3) is 1.88. The molecule has 1 atom stereocenters. The quantitative estimate of drug-likeness (QED) is 0.567. The van der Waals surface area contributed by atoms with Gasteiger partial charge in [0.25, 0.3) is 0 Å². The topological polar surface area (TPSA) is 23.8 Å². The van der Waals surface area contributed by atoms with E-state index in [2.05, 4.69) is 0 Å². The highest BCUT2D eigenvalue weighted by atomic mass is 79.9. The molecule has 70 valence electrons. The molecule has 0 aromatic carbocycles. The Hall–Kier alpha value is 0.1000. The van der Waals surface area contributed by atoms with Gasteiger partial charge in [0.2, 0.25) is 0 Å². The maximum atomic E-state index is 12.5. The van der Waals surface area contributed by atoms with Gasteiger partial charge in [-0.3, -0.25) is 0 Å². The summed E-state index contributed by atoms with van der Waals surface area (Å²) in [6.45, 7) is 0. The molecule has 0 heterocycles. The number of hydrogen-bond acceptors (Lipinski definition) is 1. The molecular formula is C4Br2F5N. The van der Waals surface area contributed by atoms with Crippen molar-refractivity contribution in [2.45, 2.75) is 15.3 Å². The first-order valence-corrected chi connectivity index (χ1v) is 3.88. The van der Waals surface area contributed by atoms with Gasteiger partial charge in [0.1, 0.15) is 6.07 Å². The number of nitrogens with zero attached hydrogens (tertiary/aromatic N) is 1. The van der Waals surface area contributed by atoms with Crippen LogP contribution in [0.4, 0.5) is 22.0 Å². The smallest absolute Gasteiger partial charge is 0.215 e. The van der Waals surface area contributed by atoms with Crippen LogP contribution >= 0.6 is 31.9 Å². The number of rotatable bonds is 2. The summed E-state index contributed by atoms with van der Waals surface area (Å²) in [6.07, 6.45) is 0. The zero-order chi connectivity index (χ0) is 10.2. The second kappa shape index (κ2) is 3.10. The lowest BCUT2D eigenvalue weighted by Gasteiger charge is -2.26. The Morgan fingerprint density at radius 2 is 1.33 bits per heavy atom. The van der Waals surface area contributed by atoms with Crippen LogP contribution < -0.4 is 0 Å². The van der Waals surface area contributed by atoms with Crippen LogP contribution in [0.15, 0.2) is 0 Å². The minimum absolute atomic E-state index is 0.123. The van der Waals surface area contributed by atoms with Gasteiger partial charge < -0.3 is 0 Å². The lowest BCUT2D eigenvalue weighted by atomic mass is 10.2. The van der Waals surface area contributed by atoms with Crippen LogP contribution in [-0.2, 0) is 0 Å². The third-order valence-corrected chi connectivity index (χ3v) is 2.97. The third-order valence-electron chi connectivity index (χ3n) is 0.891. The molecule has 12 heavy (non-hydrogen) atoms. The summed E-state index contributed by atoms with van der Waals surface area (Å²) in [6, 6.07) is 0.123. The first-order valence-electron chi connectivity index (χ1n) is 2.30. The van der Waals surface area contributed by atoms with E-state index in [1.54, 1.807) is 0 Å². The Bertz CT molecular complexity index is 214. The van der Waals surface area contributed by atoms with Gasteiger partial charge >= 0.3 is 15.3 Å². The Kier molecular flexibility index (Phi) is 3.13.